The van der Waals surface area contributed by atoms with Crippen LogP contribution in [0, 0.1) is 5.41 Å². The van der Waals surface area contributed by atoms with E-state index in [4.69, 9.17) is 0 Å². The maximum Gasteiger partial charge on any atom is 0.0844 e. The van der Waals surface area contributed by atoms with E-state index in [1.54, 1.807) is 6.20 Å². The molecule has 1 aliphatic rings. The molecule has 2 heteroatoms. The van der Waals surface area contributed by atoms with Crippen LogP contribution < -0.4 is 0 Å². The Morgan fingerprint density at radius 3 is 2.74 bits per heavy atom. The summed E-state index contributed by atoms with van der Waals surface area (Å²) in [6.45, 7) is 2.22. The van der Waals surface area contributed by atoms with Gasteiger partial charge in [-0.2, -0.15) is 0 Å². The molecule has 0 amide bonds. The fraction of sp³-hybridized carbons (Fsp3) is 0.471. The molecule has 19 heavy (non-hydrogen) atoms. The second-order valence-electron chi connectivity index (χ2n) is 6.07. The van der Waals surface area contributed by atoms with E-state index in [-0.39, 0.29) is 11.5 Å². The zero-order chi connectivity index (χ0) is 13.3. The molecule has 1 aromatic carbocycles. The molecule has 3 rings (SSSR count). The number of pyridine rings is 1. The molecule has 1 aliphatic carbocycles. The van der Waals surface area contributed by atoms with E-state index in [2.05, 4.69) is 30.1 Å². The zero-order valence-corrected chi connectivity index (χ0v) is 11.5. The van der Waals surface area contributed by atoms with Gasteiger partial charge in [0.2, 0.25) is 0 Å². The van der Waals surface area contributed by atoms with Gasteiger partial charge in [-0.3, -0.25) is 4.98 Å². The van der Waals surface area contributed by atoms with Gasteiger partial charge in [0.1, 0.15) is 0 Å². The predicted octanol–water partition coefficient (Wildman–Crippen LogP) is 4.24. The summed E-state index contributed by atoms with van der Waals surface area (Å²) in [6.07, 6.45) is 7.45. The first-order chi connectivity index (χ1) is 9.19. The maximum atomic E-state index is 10.7. The SMILES string of the molecule is CC1(C(O)c2ccc3cccnc3c2)CCCCC1. The molecular formula is C17H21NO. The Labute approximate surface area is 114 Å². The number of hydrogen-bond donors (Lipinski definition) is 1. The molecule has 0 saturated heterocycles. The van der Waals surface area contributed by atoms with Gasteiger partial charge in [-0.1, -0.05) is 44.4 Å². The highest BCUT2D eigenvalue weighted by Crippen LogP contribution is 2.45. The summed E-state index contributed by atoms with van der Waals surface area (Å²) in [4.78, 5) is 4.38. The third-order valence-electron chi connectivity index (χ3n) is 4.60. The van der Waals surface area contributed by atoms with Crippen molar-refractivity contribution in [1.29, 1.82) is 0 Å². The molecular weight excluding hydrogens is 234 g/mol. The van der Waals surface area contributed by atoms with Crippen molar-refractivity contribution >= 4 is 10.9 Å². The first-order valence-electron chi connectivity index (χ1n) is 7.22. The van der Waals surface area contributed by atoms with Crippen molar-refractivity contribution in [1.82, 2.24) is 4.98 Å². The number of aromatic nitrogens is 1. The van der Waals surface area contributed by atoms with Gasteiger partial charge >= 0.3 is 0 Å². The van der Waals surface area contributed by atoms with Crippen LogP contribution in [0.5, 0.6) is 0 Å². The molecule has 1 aromatic heterocycles. The molecule has 1 saturated carbocycles. The van der Waals surface area contributed by atoms with Gasteiger partial charge in [0.05, 0.1) is 11.6 Å². The second-order valence-corrected chi connectivity index (χ2v) is 6.07. The fourth-order valence-corrected chi connectivity index (χ4v) is 3.29. The molecule has 0 aliphatic heterocycles. The van der Waals surface area contributed by atoms with E-state index in [1.807, 2.05) is 12.1 Å². The van der Waals surface area contributed by atoms with Crippen LogP contribution in [0.1, 0.15) is 50.7 Å². The van der Waals surface area contributed by atoms with Crippen molar-refractivity contribution in [3.05, 3.63) is 42.1 Å². The molecule has 100 valence electrons. The molecule has 2 aromatic rings. The van der Waals surface area contributed by atoms with E-state index in [0.29, 0.717) is 0 Å². The fourth-order valence-electron chi connectivity index (χ4n) is 3.29. The highest BCUT2D eigenvalue weighted by atomic mass is 16.3. The molecule has 0 spiro atoms. The van der Waals surface area contributed by atoms with Gasteiger partial charge < -0.3 is 5.11 Å². The topological polar surface area (TPSA) is 33.1 Å². The Hall–Kier alpha value is -1.41. The summed E-state index contributed by atoms with van der Waals surface area (Å²) in [5.41, 5.74) is 2.01. The van der Waals surface area contributed by atoms with Crippen LogP contribution in [0.4, 0.5) is 0 Å². The summed E-state index contributed by atoms with van der Waals surface area (Å²) in [5.74, 6) is 0. The Kier molecular flexibility index (Phi) is 3.28. The van der Waals surface area contributed by atoms with Crippen LogP contribution in [-0.2, 0) is 0 Å². The van der Waals surface area contributed by atoms with Gasteiger partial charge in [-0.05, 0) is 36.0 Å². The summed E-state index contributed by atoms with van der Waals surface area (Å²) in [6, 6.07) is 10.2. The standard InChI is InChI=1S/C17H21NO/c1-17(9-3-2-4-10-17)16(19)14-8-7-13-6-5-11-18-15(13)12-14/h5-8,11-12,16,19H,2-4,9-10H2,1H3. The van der Waals surface area contributed by atoms with Crippen LogP contribution >= 0.6 is 0 Å². The second kappa shape index (κ2) is 4.93. The van der Waals surface area contributed by atoms with Crippen LogP contribution in [0.25, 0.3) is 10.9 Å². The van der Waals surface area contributed by atoms with Gasteiger partial charge in [0.25, 0.3) is 0 Å². The third kappa shape index (κ3) is 2.37. The van der Waals surface area contributed by atoms with E-state index in [0.717, 1.165) is 29.3 Å². The average molecular weight is 255 g/mol. The van der Waals surface area contributed by atoms with Crippen molar-refractivity contribution in [3.8, 4) is 0 Å². The minimum atomic E-state index is -0.376. The number of fused-ring (bicyclic) bond motifs is 1. The number of hydrogen-bond acceptors (Lipinski definition) is 2. The van der Waals surface area contributed by atoms with Gasteiger partial charge in [-0.15, -0.1) is 0 Å². The van der Waals surface area contributed by atoms with Gasteiger partial charge in [0, 0.05) is 11.6 Å². The normalized spacial score (nSPS) is 20.3. The number of aliphatic hydroxyl groups excluding tert-OH is 1. The van der Waals surface area contributed by atoms with Crippen LogP contribution in [0.3, 0.4) is 0 Å². The summed E-state index contributed by atoms with van der Waals surface area (Å²) >= 11 is 0. The summed E-state index contributed by atoms with van der Waals surface area (Å²) in [7, 11) is 0. The van der Waals surface area contributed by atoms with Crippen LogP contribution in [0.15, 0.2) is 36.5 Å². The molecule has 2 nitrogen and oxygen atoms in total. The molecule has 0 radical (unpaired) electrons. The van der Waals surface area contributed by atoms with E-state index in [9.17, 15) is 5.11 Å². The minimum Gasteiger partial charge on any atom is -0.388 e. The van der Waals surface area contributed by atoms with Crippen molar-refractivity contribution in [2.75, 3.05) is 0 Å². The Morgan fingerprint density at radius 2 is 1.95 bits per heavy atom. The summed E-state index contributed by atoms with van der Waals surface area (Å²) in [5, 5.41) is 11.9. The number of nitrogens with zero attached hydrogens (tertiary/aromatic N) is 1. The first kappa shape index (κ1) is 12.6. The van der Waals surface area contributed by atoms with Gasteiger partial charge in [-0.25, -0.2) is 0 Å². The van der Waals surface area contributed by atoms with E-state index >= 15 is 0 Å². The van der Waals surface area contributed by atoms with Crippen LogP contribution in [-0.4, -0.2) is 10.1 Å². The van der Waals surface area contributed by atoms with Crippen molar-refractivity contribution in [3.63, 3.8) is 0 Å². The lowest BCUT2D eigenvalue weighted by Crippen LogP contribution is -2.28. The number of benzene rings is 1. The molecule has 1 unspecified atom stereocenters. The Balaban J connectivity index is 1.94. The van der Waals surface area contributed by atoms with Crippen molar-refractivity contribution < 1.29 is 5.11 Å². The highest BCUT2D eigenvalue weighted by Gasteiger charge is 2.35. The Morgan fingerprint density at radius 1 is 1.16 bits per heavy atom. The van der Waals surface area contributed by atoms with Crippen molar-refractivity contribution in [2.45, 2.75) is 45.1 Å². The smallest absolute Gasteiger partial charge is 0.0844 e. The first-order valence-corrected chi connectivity index (χ1v) is 7.22. The third-order valence-corrected chi connectivity index (χ3v) is 4.60. The quantitative estimate of drug-likeness (QED) is 0.870. The lowest BCUT2D eigenvalue weighted by molar-refractivity contribution is 0.00827. The molecule has 1 fully saturated rings. The molecule has 1 heterocycles. The lowest BCUT2D eigenvalue weighted by atomic mass is 9.70. The lowest BCUT2D eigenvalue weighted by Gasteiger charge is -2.38. The zero-order valence-electron chi connectivity index (χ0n) is 11.5. The predicted molar refractivity (Wildman–Crippen MR) is 77.9 cm³/mol. The monoisotopic (exact) mass is 255 g/mol. The molecule has 0 bridgehead atoms. The maximum absolute atomic E-state index is 10.7. The average Bonchev–Trinajstić information content (AvgIpc) is 2.47. The highest BCUT2D eigenvalue weighted by molar-refractivity contribution is 5.78. The van der Waals surface area contributed by atoms with E-state index in [1.165, 1.54) is 19.3 Å². The summed E-state index contributed by atoms with van der Waals surface area (Å²) < 4.78 is 0. The van der Waals surface area contributed by atoms with Crippen LogP contribution in [0.2, 0.25) is 0 Å². The van der Waals surface area contributed by atoms with Gasteiger partial charge in [0.15, 0.2) is 0 Å². The minimum absolute atomic E-state index is 0.0285. The Bertz CT molecular complexity index is 572. The van der Waals surface area contributed by atoms with Crippen molar-refractivity contribution in [2.24, 2.45) is 5.41 Å². The molecule has 1 atom stereocenters. The molecule has 1 N–H and O–H groups in total. The largest absolute Gasteiger partial charge is 0.388 e. The number of aliphatic hydroxyl groups is 1. The number of rotatable bonds is 2. The van der Waals surface area contributed by atoms with E-state index < -0.39 is 0 Å².